The molecule has 2 N–H and O–H groups in total. The lowest BCUT2D eigenvalue weighted by molar-refractivity contribution is 0.102. The number of benzene rings is 3. The minimum Gasteiger partial charge on any atom is -0.389 e. The third kappa shape index (κ3) is 5.38. The molecule has 3 aromatic rings. The monoisotopic (exact) mass is 447 g/mol. The number of urea groups is 1. The van der Waals surface area contributed by atoms with Gasteiger partial charge in [-0.05, 0) is 66.9 Å². The number of carbonyl (C=O) groups excluding carboxylic acids is 2. The van der Waals surface area contributed by atoms with Gasteiger partial charge < -0.3 is 15.3 Å². The summed E-state index contributed by atoms with van der Waals surface area (Å²) in [5, 5.41) is 12.6. The maximum absolute atomic E-state index is 13.2. The average molecular weight is 448 g/mol. The van der Waals surface area contributed by atoms with Crippen LogP contribution in [0.5, 0.6) is 0 Å². The van der Waals surface area contributed by atoms with Gasteiger partial charge in [0.1, 0.15) is 5.82 Å². The summed E-state index contributed by atoms with van der Waals surface area (Å²) in [4.78, 5) is 29.3. The first kappa shape index (κ1) is 22.5. The molecule has 1 atom stereocenters. The molecule has 0 aliphatic carbocycles. The highest BCUT2D eigenvalue weighted by Gasteiger charge is 2.27. The molecule has 3 aromatic carbocycles. The number of aliphatic hydroxyl groups is 1. The van der Waals surface area contributed by atoms with Crippen molar-refractivity contribution in [1.82, 2.24) is 4.90 Å². The van der Waals surface area contributed by atoms with Crippen LogP contribution in [0.3, 0.4) is 0 Å². The van der Waals surface area contributed by atoms with Crippen LogP contribution in [0.1, 0.15) is 40.9 Å². The van der Waals surface area contributed by atoms with Gasteiger partial charge in [0.05, 0.1) is 6.10 Å². The van der Waals surface area contributed by atoms with Crippen LogP contribution in [0.4, 0.5) is 20.6 Å². The summed E-state index contributed by atoms with van der Waals surface area (Å²) < 4.78 is 13.2. The maximum Gasteiger partial charge on any atom is 0.324 e. The molecule has 0 unspecified atom stereocenters. The van der Waals surface area contributed by atoms with Gasteiger partial charge in [-0.25, -0.2) is 9.18 Å². The summed E-state index contributed by atoms with van der Waals surface area (Å²) in [7, 11) is 0. The van der Waals surface area contributed by atoms with Gasteiger partial charge in [-0.1, -0.05) is 30.3 Å². The minimum atomic E-state index is -0.631. The Balaban J connectivity index is 1.48. The highest BCUT2D eigenvalue weighted by Crippen LogP contribution is 2.24. The number of anilines is 2. The largest absolute Gasteiger partial charge is 0.389 e. The topological polar surface area (TPSA) is 72.9 Å². The second-order valence-corrected chi connectivity index (χ2v) is 8.14. The Morgan fingerprint density at radius 2 is 1.82 bits per heavy atom. The smallest absolute Gasteiger partial charge is 0.324 e. The quantitative estimate of drug-likeness (QED) is 0.561. The molecular formula is C26H26FN3O3. The Hall–Kier alpha value is -3.71. The summed E-state index contributed by atoms with van der Waals surface area (Å²) in [6.45, 7) is 3.24. The molecule has 0 saturated carbocycles. The minimum absolute atomic E-state index is 0.146. The standard InChI is InChI=1S/C26H26FN3O3/c1-18(31)20-5-2-7-23(15-20)28-25(32)21-6-3-8-24(16-21)30-14-4-13-29(26(30)33)17-19-9-11-22(27)12-10-19/h2-3,5-12,15-16,18,31H,4,13-14,17H2,1H3,(H,28,32)/t18-/m0/s1. The highest BCUT2D eigenvalue weighted by atomic mass is 19.1. The number of nitrogens with zero attached hydrogens (tertiary/aromatic N) is 2. The van der Waals surface area contributed by atoms with E-state index in [1.165, 1.54) is 12.1 Å². The molecule has 4 rings (SSSR count). The fraction of sp³-hybridized carbons (Fsp3) is 0.231. The lowest BCUT2D eigenvalue weighted by Crippen LogP contribution is -2.49. The molecular weight excluding hydrogens is 421 g/mol. The predicted molar refractivity (Wildman–Crippen MR) is 126 cm³/mol. The van der Waals surface area contributed by atoms with E-state index in [1.54, 1.807) is 71.3 Å². The van der Waals surface area contributed by atoms with E-state index in [2.05, 4.69) is 5.32 Å². The SMILES string of the molecule is C[C@H](O)c1cccc(NC(=O)c2cccc(N3CCCN(Cc4ccc(F)cc4)C3=O)c2)c1. The first-order valence-electron chi connectivity index (χ1n) is 10.9. The molecule has 7 heteroatoms. The number of aliphatic hydroxyl groups excluding tert-OH is 1. The molecule has 170 valence electrons. The van der Waals surface area contributed by atoms with E-state index < -0.39 is 6.10 Å². The fourth-order valence-corrected chi connectivity index (χ4v) is 3.87. The Bertz CT molecular complexity index is 1150. The Kier molecular flexibility index (Phi) is 6.70. The van der Waals surface area contributed by atoms with E-state index >= 15 is 0 Å². The fourth-order valence-electron chi connectivity index (χ4n) is 3.87. The van der Waals surface area contributed by atoms with Crippen molar-refractivity contribution in [1.29, 1.82) is 0 Å². The maximum atomic E-state index is 13.2. The number of rotatable bonds is 6. The van der Waals surface area contributed by atoms with Crippen molar-refractivity contribution >= 4 is 23.3 Å². The van der Waals surface area contributed by atoms with E-state index in [0.29, 0.717) is 42.1 Å². The van der Waals surface area contributed by atoms with Gasteiger partial charge in [-0.15, -0.1) is 0 Å². The molecule has 1 aliphatic heterocycles. The van der Waals surface area contributed by atoms with Crippen LogP contribution in [-0.4, -0.2) is 35.0 Å². The van der Waals surface area contributed by atoms with Crippen LogP contribution in [0.25, 0.3) is 0 Å². The number of halogens is 1. The van der Waals surface area contributed by atoms with E-state index in [9.17, 15) is 19.1 Å². The van der Waals surface area contributed by atoms with Crippen LogP contribution in [0.2, 0.25) is 0 Å². The molecule has 33 heavy (non-hydrogen) atoms. The number of hydrogen-bond acceptors (Lipinski definition) is 3. The zero-order valence-corrected chi connectivity index (χ0v) is 18.4. The van der Waals surface area contributed by atoms with Crippen LogP contribution >= 0.6 is 0 Å². The molecule has 0 bridgehead atoms. The summed E-state index contributed by atoms with van der Waals surface area (Å²) in [6.07, 6.45) is 0.156. The molecule has 1 aliphatic rings. The van der Waals surface area contributed by atoms with E-state index in [-0.39, 0.29) is 17.8 Å². The van der Waals surface area contributed by atoms with Gasteiger partial charge in [0, 0.05) is 36.6 Å². The molecule has 0 aromatic heterocycles. The van der Waals surface area contributed by atoms with Crippen molar-refractivity contribution in [2.75, 3.05) is 23.3 Å². The molecule has 0 spiro atoms. The van der Waals surface area contributed by atoms with Crippen molar-refractivity contribution in [3.8, 4) is 0 Å². The number of nitrogens with one attached hydrogen (secondary N) is 1. The van der Waals surface area contributed by atoms with Crippen molar-refractivity contribution in [3.63, 3.8) is 0 Å². The first-order valence-corrected chi connectivity index (χ1v) is 10.9. The van der Waals surface area contributed by atoms with Gasteiger partial charge in [0.2, 0.25) is 0 Å². The summed E-state index contributed by atoms with van der Waals surface area (Å²) in [5.74, 6) is -0.606. The molecule has 1 heterocycles. The van der Waals surface area contributed by atoms with Crippen molar-refractivity contribution < 1.29 is 19.1 Å². The Morgan fingerprint density at radius 1 is 1.06 bits per heavy atom. The van der Waals surface area contributed by atoms with Crippen LogP contribution in [0, 0.1) is 5.82 Å². The predicted octanol–water partition coefficient (Wildman–Crippen LogP) is 4.96. The second kappa shape index (κ2) is 9.83. The number of amides is 3. The average Bonchev–Trinajstić information content (AvgIpc) is 2.82. The summed E-state index contributed by atoms with van der Waals surface area (Å²) in [5.41, 5.74) is 3.23. The van der Waals surface area contributed by atoms with E-state index in [1.807, 2.05) is 6.07 Å². The molecule has 0 radical (unpaired) electrons. The van der Waals surface area contributed by atoms with Crippen LogP contribution in [-0.2, 0) is 6.54 Å². The molecule has 3 amide bonds. The number of carbonyl (C=O) groups is 2. The van der Waals surface area contributed by atoms with Crippen molar-refractivity contribution in [2.24, 2.45) is 0 Å². The summed E-state index contributed by atoms with van der Waals surface area (Å²) in [6, 6.07) is 20.0. The third-order valence-corrected chi connectivity index (χ3v) is 5.64. The number of hydrogen-bond donors (Lipinski definition) is 2. The highest BCUT2D eigenvalue weighted by molar-refractivity contribution is 6.05. The zero-order chi connectivity index (χ0) is 23.4. The Morgan fingerprint density at radius 3 is 2.58 bits per heavy atom. The van der Waals surface area contributed by atoms with Gasteiger partial charge in [0.25, 0.3) is 5.91 Å². The summed E-state index contributed by atoms with van der Waals surface area (Å²) >= 11 is 0. The Labute approximate surface area is 192 Å². The van der Waals surface area contributed by atoms with E-state index in [0.717, 1.165) is 12.0 Å². The zero-order valence-electron chi connectivity index (χ0n) is 18.4. The normalized spacial score (nSPS) is 14.8. The lowest BCUT2D eigenvalue weighted by Gasteiger charge is -2.35. The van der Waals surface area contributed by atoms with Gasteiger partial charge in [0.15, 0.2) is 0 Å². The first-order chi connectivity index (χ1) is 15.9. The van der Waals surface area contributed by atoms with Gasteiger partial charge in [-0.2, -0.15) is 0 Å². The molecule has 1 saturated heterocycles. The third-order valence-electron chi connectivity index (χ3n) is 5.64. The van der Waals surface area contributed by atoms with Gasteiger partial charge in [-0.3, -0.25) is 9.69 Å². The van der Waals surface area contributed by atoms with Crippen molar-refractivity contribution in [2.45, 2.75) is 26.0 Å². The van der Waals surface area contributed by atoms with Crippen LogP contribution in [0.15, 0.2) is 72.8 Å². The van der Waals surface area contributed by atoms with Gasteiger partial charge >= 0.3 is 6.03 Å². The lowest BCUT2D eigenvalue weighted by atomic mass is 10.1. The molecule has 1 fully saturated rings. The van der Waals surface area contributed by atoms with E-state index in [4.69, 9.17) is 0 Å². The molecule has 6 nitrogen and oxygen atoms in total. The second-order valence-electron chi connectivity index (χ2n) is 8.14. The van der Waals surface area contributed by atoms with Crippen molar-refractivity contribution in [3.05, 3.63) is 95.3 Å². The van der Waals surface area contributed by atoms with Crippen LogP contribution < -0.4 is 10.2 Å².